The summed E-state index contributed by atoms with van der Waals surface area (Å²) < 4.78 is 0. The number of carbonyl (C=O) groups excluding carboxylic acids is 1. The van der Waals surface area contributed by atoms with E-state index >= 15 is 0 Å². The third kappa shape index (κ3) is 3.45. The van der Waals surface area contributed by atoms with Crippen LogP contribution >= 0.6 is 11.6 Å². The molecule has 2 aliphatic heterocycles. The molecular formula is C20H27ClN2O3. The molecule has 1 aromatic carbocycles. The minimum absolute atomic E-state index is 0.106. The molecule has 0 radical (unpaired) electrons. The zero-order valence-corrected chi connectivity index (χ0v) is 15.8. The molecule has 1 saturated carbocycles. The van der Waals surface area contributed by atoms with Gasteiger partial charge in [0, 0.05) is 44.1 Å². The minimum Gasteiger partial charge on any atom is -0.506 e. The lowest BCUT2D eigenvalue weighted by atomic mass is 9.71. The van der Waals surface area contributed by atoms with Crippen LogP contribution in [0.5, 0.6) is 5.75 Å². The summed E-state index contributed by atoms with van der Waals surface area (Å²) >= 11 is 6.25. The Bertz CT molecular complexity index is 694. The number of halogens is 1. The van der Waals surface area contributed by atoms with Gasteiger partial charge >= 0.3 is 0 Å². The van der Waals surface area contributed by atoms with Gasteiger partial charge in [0.25, 0.3) is 0 Å². The first-order valence-electron chi connectivity index (χ1n) is 9.64. The van der Waals surface area contributed by atoms with E-state index in [1.54, 1.807) is 6.07 Å². The number of likely N-dealkylation sites (tertiary alicyclic amines) is 2. The normalized spacial score (nSPS) is 29.9. The summed E-state index contributed by atoms with van der Waals surface area (Å²) in [7, 11) is 0. The topological polar surface area (TPSA) is 64.0 Å². The first kappa shape index (κ1) is 18.1. The minimum atomic E-state index is -0.367. The molecule has 2 N–H and O–H groups in total. The van der Waals surface area contributed by atoms with Gasteiger partial charge in [-0.1, -0.05) is 23.7 Å². The number of phenols is 1. The van der Waals surface area contributed by atoms with E-state index in [1.807, 2.05) is 17.0 Å². The molecule has 5 nitrogen and oxygen atoms in total. The van der Waals surface area contributed by atoms with Gasteiger partial charge in [0.05, 0.1) is 11.1 Å². The molecule has 1 aromatic rings. The van der Waals surface area contributed by atoms with Crippen molar-refractivity contribution in [2.75, 3.05) is 26.2 Å². The number of aromatic hydroxyl groups is 1. The van der Waals surface area contributed by atoms with Crippen molar-refractivity contribution >= 4 is 17.5 Å². The molecule has 2 atom stereocenters. The van der Waals surface area contributed by atoms with Crippen LogP contribution in [-0.4, -0.2) is 58.2 Å². The van der Waals surface area contributed by atoms with Crippen molar-refractivity contribution in [3.8, 4) is 5.75 Å². The molecular weight excluding hydrogens is 352 g/mol. The molecule has 0 aromatic heterocycles. The average molecular weight is 379 g/mol. The van der Waals surface area contributed by atoms with Crippen molar-refractivity contribution in [1.29, 1.82) is 0 Å². The van der Waals surface area contributed by atoms with Crippen LogP contribution in [0.2, 0.25) is 5.02 Å². The highest BCUT2D eigenvalue weighted by atomic mass is 35.5. The van der Waals surface area contributed by atoms with Crippen molar-refractivity contribution in [3.05, 3.63) is 28.8 Å². The molecule has 3 aliphatic rings. The molecule has 1 spiro atoms. The predicted octanol–water partition coefficient (Wildman–Crippen LogP) is 2.63. The van der Waals surface area contributed by atoms with Gasteiger partial charge in [-0.2, -0.15) is 0 Å². The number of nitrogens with zero attached hydrogens (tertiary/aromatic N) is 2. The molecule has 1 amide bonds. The molecule has 4 rings (SSSR count). The van der Waals surface area contributed by atoms with Crippen molar-refractivity contribution < 1.29 is 15.0 Å². The molecule has 2 heterocycles. The van der Waals surface area contributed by atoms with Gasteiger partial charge in [-0.3, -0.25) is 9.69 Å². The van der Waals surface area contributed by atoms with E-state index in [1.165, 1.54) is 0 Å². The fourth-order valence-electron chi connectivity index (χ4n) is 4.64. The van der Waals surface area contributed by atoms with Crippen LogP contribution in [0.15, 0.2) is 18.2 Å². The molecule has 6 heteroatoms. The Morgan fingerprint density at radius 2 is 2.04 bits per heavy atom. The highest BCUT2D eigenvalue weighted by molar-refractivity contribution is 6.32. The number of benzene rings is 1. The second-order valence-electron chi connectivity index (χ2n) is 8.27. The Morgan fingerprint density at radius 1 is 1.23 bits per heavy atom. The lowest BCUT2D eigenvalue weighted by Crippen LogP contribution is -2.59. The Labute approximate surface area is 159 Å². The smallest absolute Gasteiger partial charge is 0.225 e. The number of piperidine rings is 2. The number of aliphatic hydroxyl groups excluding tert-OH is 1. The molecule has 142 valence electrons. The summed E-state index contributed by atoms with van der Waals surface area (Å²) in [4.78, 5) is 16.8. The summed E-state index contributed by atoms with van der Waals surface area (Å²) in [6, 6.07) is 5.33. The SMILES string of the molecule is O=C(C1CC1)N1CCC[C@@]2(CN(Cc3cccc(O)c3Cl)CC[C@H]2O)C1. The first-order chi connectivity index (χ1) is 12.5. The zero-order chi connectivity index (χ0) is 18.3. The Morgan fingerprint density at radius 3 is 2.81 bits per heavy atom. The van der Waals surface area contributed by atoms with E-state index in [4.69, 9.17) is 11.6 Å². The zero-order valence-electron chi connectivity index (χ0n) is 15.0. The molecule has 3 fully saturated rings. The number of carbonyl (C=O) groups is 1. The average Bonchev–Trinajstić information content (AvgIpc) is 3.47. The van der Waals surface area contributed by atoms with Crippen molar-refractivity contribution in [3.63, 3.8) is 0 Å². The third-order valence-electron chi connectivity index (χ3n) is 6.26. The van der Waals surface area contributed by atoms with E-state index in [9.17, 15) is 15.0 Å². The largest absolute Gasteiger partial charge is 0.506 e. The van der Waals surface area contributed by atoms with Gasteiger partial charge in [-0.25, -0.2) is 0 Å². The molecule has 0 bridgehead atoms. The van der Waals surface area contributed by atoms with Gasteiger partial charge in [0.15, 0.2) is 0 Å². The number of phenolic OH excluding ortho intramolecular Hbond substituents is 1. The quantitative estimate of drug-likeness (QED) is 0.848. The summed E-state index contributed by atoms with van der Waals surface area (Å²) in [6.45, 7) is 3.69. The lowest BCUT2D eigenvalue weighted by Gasteiger charge is -2.51. The third-order valence-corrected chi connectivity index (χ3v) is 6.70. The summed E-state index contributed by atoms with van der Waals surface area (Å²) in [5, 5.41) is 21.0. The summed E-state index contributed by atoms with van der Waals surface area (Å²) in [6.07, 6.45) is 4.29. The van der Waals surface area contributed by atoms with Gasteiger partial charge in [-0.05, 0) is 43.7 Å². The monoisotopic (exact) mass is 378 g/mol. The number of amides is 1. The Hall–Kier alpha value is -1.30. The standard InChI is InChI=1S/C20H27ClN2O3/c21-18-15(3-1-4-16(18)24)11-22-10-7-17(25)20(12-22)8-2-9-23(13-20)19(26)14-5-6-14/h1,3-4,14,17,24-25H,2,5-13H2/t17-,20-/m1/s1. The van der Waals surface area contributed by atoms with Crippen LogP contribution in [0.25, 0.3) is 0 Å². The van der Waals surface area contributed by atoms with Gasteiger partial charge in [0.2, 0.25) is 5.91 Å². The summed E-state index contributed by atoms with van der Waals surface area (Å²) in [5.41, 5.74) is 0.657. The highest BCUT2D eigenvalue weighted by Crippen LogP contribution is 2.41. The number of rotatable bonds is 3. The molecule has 26 heavy (non-hydrogen) atoms. The van der Waals surface area contributed by atoms with Gasteiger partial charge in [0.1, 0.15) is 5.75 Å². The number of aliphatic hydroxyl groups is 1. The fraction of sp³-hybridized carbons (Fsp3) is 0.650. The number of hydrogen-bond acceptors (Lipinski definition) is 4. The Kier molecular flexibility index (Phi) is 4.88. The first-order valence-corrected chi connectivity index (χ1v) is 10.0. The Balaban J connectivity index is 1.48. The highest BCUT2D eigenvalue weighted by Gasteiger charge is 2.47. The second kappa shape index (κ2) is 7.02. The van der Waals surface area contributed by atoms with E-state index in [0.29, 0.717) is 24.5 Å². The molecule has 1 aliphatic carbocycles. The van der Waals surface area contributed by atoms with Crippen molar-refractivity contribution in [2.24, 2.45) is 11.3 Å². The summed E-state index contributed by atoms with van der Waals surface area (Å²) in [5.74, 6) is 0.618. The maximum Gasteiger partial charge on any atom is 0.225 e. The van der Waals surface area contributed by atoms with Crippen LogP contribution in [0.3, 0.4) is 0 Å². The van der Waals surface area contributed by atoms with E-state index in [2.05, 4.69) is 4.90 Å². The maximum atomic E-state index is 12.5. The van der Waals surface area contributed by atoms with Crippen LogP contribution < -0.4 is 0 Å². The molecule has 0 unspecified atom stereocenters. The molecule has 2 saturated heterocycles. The van der Waals surface area contributed by atoms with Gasteiger partial charge < -0.3 is 15.1 Å². The van der Waals surface area contributed by atoms with Crippen LogP contribution in [0.1, 0.15) is 37.7 Å². The van der Waals surface area contributed by atoms with Crippen LogP contribution in [0, 0.1) is 11.3 Å². The van der Waals surface area contributed by atoms with Crippen LogP contribution in [-0.2, 0) is 11.3 Å². The van der Waals surface area contributed by atoms with Crippen LogP contribution in [0.4, 0.5) is 0 Å². The predicted molar refractivity (Wildman–Crippen MR) is 100.0 cm³/mol. The lowest BCUT2D eigenvalue weighted by molar-refractivity contribution is -0.142. The second-order valence-corrected chi connectivity index (χ2v) is 8.64. The van der Waals surface area contributed by atoms with E-state index < -0.39 is 0 Å². The van der Waals surface area contributed by atoms with E-state index in [0.717, 1.165) is 50.9 Å². The van der Waals surface area contributed by atoms with E-state index in [-0.39, 0.29) is 29.1 Å². The maximum absolute atomic E-state index is 12.5. The van der Waals surface area contributed by atoms with Crippen molar-refractivity contribution in [2.45, 2.75) is 44.8 Å². The van der Waals surface area contributed by atoms with Crippen molar-refractivity contribution in [1.82, 2.24) is 9.80 Å². The van der Waals surface area contributed by atoms with Gasteiger partial charge in [-0.15, -0.1) is 0 Å². The number of hydrogen-bond donors (Lipinski definition) is 2. The fourth-order valence-corrected chi connectivity index (χ4v) is 4.83.